The van der Waals surface area contributed by atoms with Crippen molar-refractivity contribution in [1.82, 2.24) is 20.2 Å². The molecule has 0 saturated carbocycles. The van der Waals surface area contributed by atoms with Gasteiger partial charge in [0, 0.05) is 13.0 Å². The van der Waals surface area contributed by atoms with Crippen LogP contribution in [0.3, 0.4) is 0 Å². The van der Waals surface area contributed by atoms with Crippen LogP contribution in [0.5, 0.6) is 0 Å². The normalized spacial score (nSPS) is 17.1. The Morgan fingerprint density at radius 3 is 2.58 bits per heavy atom. The minimum Gasteiger partial charge on any atom is -0.382 e. The van der Waals surface area contributed by atoms with Crippen LogP contribution in [0.25, 0.3) is 0 Å². The van der Waals surface area contributed by atoms with Crippen LogP contribution in [0.15, 0.2) is 35.3 Å². The minimum absolute atomic E-state index is 0.0967. The van der Waals surface area contributed by atoms with Crippen LogP contribution in [-0.2, 0) is 9.59 Å². The number of hydrogen-bond acceptors (Lipinski definition) is 9. The van der Waals surface area contributed by atoms with E-state index >= 15 is 0 Å². The second kappa shape index (κ2) is 12.0. The molecule has 36 heavy (non-hydrogen) atoms. The van der Waals surface area contributed by atoms with E-state index in [4.69, 9.17) is 28.8 Å². The molecule has 0 spiro atoms. The van der Waals surface area contributed by atoms with Crippen molar-refractivity contribution >= 4 is 58.7 Å². The predicted octanol–water partition coefficient (Wildman–Crippen LogP) is 2.13. The van der Waals surface area contributed by atoms with E-state index in [9.17, 15) is 14.4 Å². The van der Waals surface area contributed by atoms with Crippen molar-refractivity contribution < 1.29 is 14.4 Å². The predicted molar refractivity (Wildman–Crippen MR) is 141 cm³/mol. The summed E-state index contributed by atoms with van der Waals surface area (Å²) in [5.41, 5.74) is 17.9. The lowest BCUT2D eigenvalue weighted by atomic mass is 10.0. The van der Waals surface area contributed by atoms with Gasteiger partial charge in [-0.1, -0.05) is 55.8 Å². The zero-order valence-corrected chi connectivity index (χ0v) is 21.6. The van der Waals surface area contributed by atoms with Crippen molar-refractivity contribution in [1.29, 1.82) is 0 Å². The minimum atomic E-state index is -0.739. The molecule has 13 heteroatoms. The fourth-order valence-electron chi connectivity index (χ4n) is 3.73. The van der Waals surface area contributed by atoms with Crippen LogP contribution in [0.2, 0.25) is 5.15 Å². The molecule has 1 aromatic carbocycles. The van der Waals surface area contributed by atoms with Gasteiger partial charge < -0.3 is 17.2 Å². The van der Waals surface area contributed by atoms with Gasteiger partial charge in [0.15, 0.2) is 28.4 Å². The standard InChI is InChI=1S/C23H29ClN8O3S/c1-12(2)36-15-11-16(33)32(22(15)35)10-6-9-14(13-7-4-3-5-8-13)28-23(27)31-21(34)17-19(25)30-20(26)18(24)29-17/h3-5,7-8,12,14-15H,6,9-11H2,1-2H3,(H4,25,26,30)(H3,27,28,31,34). The summed E-state index contributed by atoms with van der Waals surface area (Å²) in [4.78, 5) is 51.0. The second-order valence-electron chi connectivity index (χ2n) is 8.43. The summed E-state index contributed by atoms with van der Waals surface area (Å²) in [7, 11) is 0. The zero-order chi connectivity index (χ0) is 26.4. The molecule has 3 amide bonds. The Hall–Kier alpha value is -3.38. The van der Waals surface area contributed by atoms with Gasteiger partial charge in [0.2, 0.25) is 11.8 Å². The number of carbonyl (C=O) groups is 3. The number of thioether (sulfide) groups is 1. The number of nitrogen functional groups attached to an aromatic ring is 2. The number of nitrogens with zero attached hydrogens (tertiary/aromatic N) is 4. The van der Waals surface area contributed by atoms with Crippen LogP contribution >= 0.6 is 23.4 Å². The fraction of sp³-hybridized carbons (Fsp3) is 0.391. The van der Waals surface area contributed by atoms with Gasteiger partial charge in [0.1, 0.15) is 0 Å². The van der Waals surface area contributed by atoms with E-state index in [2.05, 4.69) is 20.3 Å². The Balaban J connectivity index is 1.69. The van der Waals surface area contributed by atoms with Gasteiger partial charge in [0.25, 0.3) is 5.91 Å². The molecular weight excluding hydrogens is 504 g/mol. The molecule has 1 aromatic heterocycles. The average molecular weight is 533 g/mol. The summed E-state index contributed by atoms with van der Waals surface area (Å²) >= 11 is 7.35. The number of halogens is 1. The number of imide groups is 1. The molecule has 0 radical (unpaired) electrons. The molecule has 3 rings (SSSR count). The van der Waals surface area contributed by atoms with E-state index in [1.807, 2.05) is 44.2 Å². The van der Waals surface area contributed by atoms with Crippen molar-refractivity contribution in [2.75, 3.05) is 18.0 Å². The highest BCUT2D eigenvalue weighted by atomic mass is 35.5. The summed E-state index contributed by atoms with van der Waals surface area (Å²) in [5.74, 6) is -1.51. The molecule has 1 aliphatic heterocycles. The van der Waals surface area contributed by atoms with Crippen LogP contribution in [0.4, 0.5) is 11.6 Å². The molecule has 2 atom stereocenters. The highest BCUT2D eigenvalue weighted by Crippen LogP contribution is 2.29. The van der Waals surface area contributed by atoms with Crippen molar-refractivity contribution in [3.05, 3.63) is 46.7 Å². The summed E-state index contributed by atoms with van der Waals surface area (Å²) in [5, 5.41) is 2.21. The van der Waals surface area contributed by atoms with Crippen molar-refractivity contribution in [3.8, 4) is 0 Å². The Bertz CT molecular complexity index is 1160. The zero-order valence-electron chi connectivity index (χ0n) is 20.0. The summed E-state index contributed by atoms with van der Waals surface area (Å²) in [6.07, 6.45) is 1.21. The third kappa shape index (κ3) is 6.85. The maximum atomic E-state index is 12.7. The first-order chi connectivity index (χ1) is 17.1. The number of amides is 3. The number of benzene rings is 1. The fourth-order valence-corrected chi connectivity index (χ4v) is 5.00. The average Bonchev–Trinajstić information content (AvgIpc) is 3.07. The summed E-state index contributed by atoms with van der Waals surface area (Å²) in [6.45, 7) is 4.28. The van der Waals surface area contributed by atoms with E-state index in [1.165, 1.54) is 16.7 Å². The lowest BCUT2D eigenvalue weighted by Gasteiger charge is -2.18. The maximum absolute atomic E-state index is 12.7. The number of anilines is 2. The Morgan fingerprint density at radius 1 is 1.22 bits per heavy atom. The van der Waals surface area contributed by atoms with E-state index < -0.39 is 11.9 Å². The first-order valence-corrected chi connectivity index (χ1v) is 12.7. The van der Waals surface area contributed by atoms with Crippen molar-refractivity contribution in [3.63, 3.8) is 0 Å². The van der Waals surface area contributed by atoms with Crippen LogP contribution in [-0.4, -0.2) is 55.6 Å². The lowest BCUT2D eigenvalue weighted by molar-refractivity contribution is -0.138. The molecule has 7 N–H and O–H groups in total. The number of guanidine groups is 1. The molecule has 192 valence electrons. The van der Waals surface area contributed by atoms with Gasteiger partial charge in [-0.15, -0.1) is 11.8 Å². The SMILES string of the molecule is CC(C)SC1CC(=O)N(CCCC(N=C(N)NC(=O)c2nc(Cl)c(N)nc2N)c2ccccc2)C1=O. The quantitative estimate of drug-likeness (QED) is 0.213. The summed E-state index contributed by atoms with van der Waals surface area (Å²) < 4.78 is 0. The maximum Gasteiger partial charge on any atom is 0.280 e. The number of nitrogens with one attached hydrogen (secondary N) is 1. The molecule has 1 fully saturated rings. The van der Waals surface area contributed by atoms with Crippen molar-refractivity contribution in [2.45, 2.75) is 49.7 Å². The van der Waals surface area contributed by atoms with E-state index in [0.717, 1.165) is 5.56 Å². The van der Waals surface area contributed by atoms with Gasteiger partial charge in [-0.2, -0.15) is 0 Å². The molecule has 11 nitrogen and oxygen atoms in total. The largest absolute Gasteiger partial charge is 0.382 e. The Kier molecular flexibility index (Phi) is 9.10. The molecule has 1 aliphatic rings. The number of rotatable bonds is 9. The van der Waals surface area contributed by atoms with Crippen molar-refractivity contribution in [2.24, 2.45) is 10.7 Å². The number of hydrogen-bond donors (Lipinski definition) is 4. The van der Waals surface area contributed by atoms with Gasteiger partial charge >= 0.3 is 0 Å². The van der Waals surface area contributed by atoms with Gasteiger partial charge in [-0.05, 0) is 23.7 Å². The van der Waals surface area contributed by atoms with Gasteiger partial charge in [-0.25, -0.2) is 15.0 Å². The van der Waals surface area contributed by atoms with Gasteiger partial charge in [0.05, 0.1) is 11.3 Å². The third-order valence-electron chi connectivity index (χ3n) is 5.34. The smallest absolute Gasteiger partial charge is 0.280 e. The highest BCUT2D eigenvalue weighted by molar-refractivity contribution is 8.01. The molecule has 2 heterocycles. The van der Waals surface area contributed by atoms with E-state index in [1.54, 1.807) is 0 Å². The van der Waals surface area contributed by atoms with Crippen LogP contribution < -0.4 is 22.5 Å². The second-order valence-corrected chi connectivity index (χ2v) is 10.6. The molecule has 0 bridgehead atoms. The lowest BCUT2D eigenvalue weighted by Crippen LogP contribution is -2.38. The molecule has 1 saturated heterocycles. The Labute approximate surface area is 218 Å². The number of nitrogens with two attached hydrogens (primary N) is 3. The number of aromatic nitrogens is 2. The third-order valence-corrected chi connectivity index (χ3v) is 6.86. The highest BCUT2D eigenvalue weighted by Gasteiger charge is 2.38. The van der Waals surface area contributed by atoms with Crippen LogP contribution in [0, 0.1) is 0 Å². The number of carbonyl (C=O) groups excluding carboxylic acids is 3. The topological polar surface area (TPSA) is 183 Å². The van der Waals surface area contributed by atoms with Crippen LogP contribution in [0.1, 0.15) is 55.2 Å². The molecular formula is C23H29ClN8O3S. The molecule has 2 aromatic rings. The Morgan fingerprint density at radius 2 is 1.92 bits per heavy atom. The monoisotopic (exact) mass is 532 g/mol. The molecule has 0 aliphatic carbocycles. The number of aliphatic imine (C=N–C) groups is 1. The first kappa shape index (κ1) is 27.2. The van der Waals surface area contributed by atoms with E-state index in [0.29, 0.717) is 12.8 Å². The van der Waals surface area contributed by atoms with E-state index in [-0.39, 0.29) is 63.7 Å². The summed E-state index contributed by atoms with van der Waals surface area (Å²) in [6, 6.07) is 8.93. The first-order valence-electron chi connectivity index (χ1n) is 11.3. The molecule has 2 unspecified atom stereocenters. The van der Waals surface area contributed by atoms with Gasteiger partial charge in [-0.3, -0.25) is 24.6 Å². The number of likely N-dealkylation sites (tertiary alicyclic amines) is 1.